The predicted molar refractivity (Wildman–Crippen MR) is 94.5 cm³/mol. The number of carbonyl (C=O) groups excluding carboxylic acids is 2. The van der Waals surface area contributed by atoms with Crippen LogP contribution >= 0.6 is 24.0 Å². The van der Waals surface area contributed by atoms with Crippen LogP contribution in [-0.4, -0.2) is 27.6 Å². The molecule has 1 heterocycles. The molecule has 1 fully saturated rings. The molecule has 4 nitrogen and oxygen atoms in total. The minimum absolute atomic E-state index is 0.120. The van der Waals surface area contributed by atoms with Crippen LogP contribution in [0.25, 0.3) is 0 Å². The number of unbranched alkanes of at least 4 members (excludes halogenated alkanes) is 1. The van der Waals surface area contributed by atoms with Crippen molar-refractivity contribution in [2.24, 2.45) is 0 Å². The Morgan fingerprint density at radius 2 is 2.05 bits per heavy atom. The van der Waals surface area contributed by atoms with Gasteiger partial charge in [0.25, 0.3) is 5.91 Å². The third-order valence-corrected chi connectivity index (χ3v) is 4.59. The normalized spacial score (nSPS) is 16.5. The molecule has 0 spiro atoms. The fourth-order valence-electron chi connectivity index (χ4n) is 2.05. The van der Waals surface area contributed by atoms with Crippen LogP contribution in [0.15, 0.2) is 41.4 Å². The second-order valence-corrected chi connectivity index (χ2v) is 6.57. The number of benzene rings is 1. The predicted octanol–water partition coefficient (Wildman–Crippen LogP) is 3.54. The maximum Gasteiger partial charge on any atom is 0.267 e. The van der Waals surface area contributed by atoms with Crippen LogP contribution in [0.5, 0.6) is 0 Å². The molecular weight excluding hydrogens is 316 g/mol. The summed E-state index contributed by atoms with van der Waals surface area (Å²) in [6, 6.07) is 9.24. The highest BCUT2D eigenvalue weighted by molar-refractivity contribution is 8.26. The highest BCUT2D eigenvalue weighted by Crippen LogP contribution is 2.32. The van der Waals surface area contributed by atoms with Crippen molar-refractivity contribution < 1.29 is 9.59 Å². The van der Waals surface area contributed by atoms with Crippen LogP contribution in [0.4, 0.5) is 5.69 Å². The van der Waals surface area contributed by atoms with E-state index in [1.165, 1.54) is 23.6 Å². The number of anilines is 1. The molecule has 2 rings (SSSR count). The van der Waals surface area contributed by atoms with Crippen molar-refractivity contribution in [1.29, 1.82) is 0 Å². The largest absolute Gasteiger partial charge is 0.293 e. The zero-order valence-corrected chi connectivity index (χ0v) is 14.2. The molecule has 116 valence electrons. The van der Waals surface area contributed by atoms with Crippen molar-refractivity contribution in [1.82, 2.24) is 4.90 Å². The van der Waals surface area contributed by atoms with Gasteiger partial charge in [0.2, 0.25) is 5.91 Å². The Balaban J connectivity index is 2.25. The number of amides is 2. The average Bonchev–Trinajstić information content (AvgIpc) is 2.77. The molecule has 0 atom stereocenters. The summed E-state index contributed by atoms with van der Waals surface area (Å²) in [6.07, 6.45) is 3.50. The Morgan fingerprint density at radius 3 is 2.64 bits per heavy atom. The lowest BCUT2D eigenvalue weighted by molar-refractivity contribution is -0.122. The molecule has 0 radical (unpaired) electrons. The van der Waals surface area contributed by atoms with Gasteiger partial charge in [0, 0.05) is 25.4 Å². The van der Waals surface area contributed by atoms with Crippen LogP contribution in [-0.2, 0) is 9.59 Å². The summed E-state index contributed by atoms with van der Waals surface area (Å²) in [5.74, 6) is -0.268. The van der Waals surface area contributed by atoms with Gasteiger partial charge >= 0.3 is 0 Å². The van der Waals surface area contributed by atoms with Gasteiger partial charge in [0.1, 0.15) is 4.32 Å². The fraction of sp³-hybridized carbons (Fsp3) is 0.312. The lowest BCUT2D eigenvalue weighted by Gasteiger charge is -2.17. The SMILES string of the molecule is CCCCN1C(=O)/C(=C/N(C(C)=O)c2ccccc2)SC1=S. The van der Waals surface area contributed by atoms with Crippen LogP contribution in [0.3, 0.4) is 0 Å². The van der Waals surface area contributed by atoms with Gasteiger partial charge in [-0.05, 0) is 18.6 Å². The lowest BCUT2D eigenvalue weighted by atomic mass is 10.3. The number of nitrogens with zero attached hydrogens (tertiary/aromatic N) is 2. The molecule has 6 heteroatoms. The third kappa shape index (κ3) is 3.75. The summed E-state index contributed by atoms with van der Waals surface area (Å²) in [7, 11) is 0. The van der Waals surface area contributed by atoms with E-state index in [4.69, 9.17) is 12.2 Å². The summed E-state index contributed by atoms with van der Waals surface area (Å²) < 4.78 is 0.557. The number of hydrogen-bond acceptors (Lipinski definition) is 4. The van der Waals surface area contributed by atoms with Crippen molar-refractivity contribution in [3.05, 3.63) is 41.4 Å². The topological polar surface area (TPSA) is 40.6 Å². The van der Waals surface area contributed by atoms with E-state index in [0.29, 0.717) is 15.8 Å². The van der Waals surface area contributed by atoms with Crippen LogP contribution in [0, 0.1) is 0 Å². The van der Waals surface area contributed by atoms with Crippen LogP contribution in [0.1, 0.15) is 26.7 Å². The van der Waals surface area contributed by atoms with E-state index in [0.717, 1.165) is 18.5 Å². The molecule has 0 aromatic heterocycles. The van der Waals surface area contributed by atoms with Gasteiger partial charge in [-0.1, -0.05) is 55.5 Å². The number of hydrogen-bond donors (Lipinski definition) is 0. The molecule has 0 bridgehead atoms. The van der Waals surface area contributed by atoms with E-state index in [2.05, 4.69) is 6.92 Å². The highest BCUT2D eigenvalue weighted by atomic mass is 32.2. The smallest absolute Gasteiger partial charge is 0.267 e. The number of para-hydroxylation sites is 1. The van der Waals surface area contributed by atoms with E-state index in [9.17, 15) is 9.59 Å². The highest BCUT2D eigenvalue weighted by Gasteiger charge is 2.32. The molecule has 1 aliphatic rings. The Labute approximate surface area is 140 Å². The Bertz CT molecular complexity index is 614. The third-order valence-electron chi connectivity index (χ3n) is 3.23. The molecule has 2 amide bonds. The lowest BCUT2D eigenvalue weighted by Crippen LogP contribution is -2.29. The standard InChI is InChI=1S/C16H18N2O2S2/c1-3-4-10-17-15(20)14(22-16(17)21)11-18(12(2)19)13-8-6-5-7-9-13/h5-9,11H,3-4,10H2,1-2H3/b14-11-. The molecule has 0 unspecified atom stereocenters. The molecule has 22 heavy (non-hydrogen) atoms. The minimum atomic E-state index is -0.148. The Hall–Kier alpha value is -1.66. The molecule has 1 aromatic carbocycles. The maximum atomic E-state index is 12.4. The summed E-state index contributed by atoms with van der Waals surface area (Å²) in [4.78, 5) is 27.9. The monoisotopic (exact) mass is 334 g/mol. The first kappa shape index (κ1) is 16.7. The summed E-state index contributed by atoms with van der Waals surface area (Å²) in [5.41, 5.74) is 0.730. The summed E-state index contributed by atoms with van der Waals surface area (Å²) >= 11 is 6.51. The van der Waals surface area contributed by atoms with Crippen molar-refractivity contribution >= 4 is 45.8 Å². The zero-order valence-electron chi connectivity index (χ0n) is 12.6. The second-order valence-electron chi connectivity index (χ2n) is 4.90. The van der Waals surface area contributed by atoms with Gasteiger partial charge < -0.3 is 0 Å². The summed E-state index contributed by atoms with van der Waals surface area (Å²) in [5, 5.41) is 0. The minimum Gasteiger partial charge on any atom is -0.293 e. The van der Waals surface area contributed by atoms with Gasteiger partial charge in [-0.3, -0.25) is 19.4 Å². The van der Waals surface area contributed by atoms with Gasteiger partial charge in [-0.15, -0.1) is 0 Å². The first-order chi connectivity index (χ1) is 10.5. The molecule has 1 aromatic rings. The number of thioether (sulfide) groups is 1. The quantitative estimate of drug-likeness (QED) is 0.610. The van der Waals surface area contributed by atoms with Crippen LogP contribution in [0.2, 0.25) is 0 Å². The van der Waals surface area contributed by atoms with E-state index in [-0.39, 0.29) is 11.8 Å². The average molecular weight is 334 g/mol. The van der Waals surface area contributed by atoms with Crippen LogP contribution < -0.4 is 4.90 Å². The second kappa shape index (κ2) is 7.56. The molecular formula is C16H18N2O2S2. The molecule has 0 N–H and O–H groups in total. The fourth-order valence-corrected chi connectivity index (χ4v) is 3.32. The molecule has 1 saturated heterocycles. The first-order valence-corrected chi connectivity index (χ1v) is 8.37. The van der Waals surface area contributed by atoms with Crippen molar-refractivity contribution in [2.45, 2.75) is 26.7 Å². The van der Waals surface area contributed by atoms with E-state index in [1.807, 2.05) is 30.3 Å². The number of thiocarbonyl (C=S) groups is 1. The van der Waals surface area contributed by atoms with E-state index >= 15 is 0 Å². The van der Waals surface area contributed by atoms with Crippen molar-refractivity contribution in [2.75, 3.05) is 11.4 Å². The molecule has 0 saturated carbocycles. The van der Waals surface area contributed by atoms with Crippen molar-refractivity contribution in [3.8, 4) is 0 Å². The van der Waals surface area contributed by atoms with E-state index < -0.39 is 0 Å². The number of rotatable bonds is 5. The maximum absolute atomic E-state index is 12.4. The molecule has 0 aliphatic carbocycles. The van der Waals surface area contributed by atoms with E-state index in [1.54, 1.807) is 11.1 Å². The van der Waals surface area contributed by atoms with Gasteiger partial charge in [-0.25, -0.2) is 0 Å². The first-order valence-electron chi connectivity index (χ1n) is 7.15. The molecule has 1 aliphatic heterocycles. The Morgan fingerprint density at radius 1 is 1.36 bits per heavy atom. The summed E-state index contributed by atoms with van der Waals surface area (Å²) in [6.45, 7) is 4.17. The number of carbonyl (C=O) groups is 2. The van der Waals surface area contributed by atoms with Gasteiger partial charge in [-0.2, -0.15) is 0 Å². The van der Waals surface area contributed by atoms with Gasteiger partial charge in [0.05, 0.1) is 4.91 Å². The van der Waals surface area contributed by atoms with Gasteiger partial charge in [0.15, 0.2) is 0 Å². The zero-order chi connectivity index (χ0) is 16.1. The van der Waals surface area contributed by atoms with Crippen molar-refractivity contribution in [3.63, 3.8) is 0 Å². The Kier molecular flexibility index (Phi) is 5.74.